The van der Waals surface area contributed by atoms with Crippen molar-refractivity contribution < 1.29 is 38.3 Å². The van der Waals surface area contributed by atoms with Crippen LogP contribution in [0.4, 0.5) is 4.79 Å². The van der Waals surface area contributed by atoms with Crippen LogP contribution in [0.1, 0.15) is 100 Å². The summed E-state index contributed by atoms with van der Waals surface area (Å²) in [5.74, 6) is -3.55. The van der Waals surface area contributed by atoms with E-state index in [0.717, 1.165) is 32.1 Å². The number of Topliss-reactive ketones (excluding diaryl/α,β-unsaturated/α-hetero) is 1. The molecule has 1 unspecified atom stereocenters. The summed E-state index contributed by atoms with van der Waals surface area (Å²) in [5.41, 5.74) is -1.57. The van der Waals surface area contributed by atoms with Gasteiger partial charge in [0.15, 0.2) is 0 Å². The van der Waals surface area contributed by atoms with Gasteiger partial charge in [0.05, 0.1) is 13.2 Å². The van der Waals surface area contributed by atoms with Gasteiger partial charge in [-0.1, -0.05) is 61.3 Å². The van der Waals surface area contributed by atoms with Crippen LogP contribution in [0.15, 0.2) is 0 Å². The summed E-state index contributed by atoms with van der Waals surface area (Å²) in [6, 6.07) is -5.02. The van der Waals surface area contributed by atoms with Gasteiger partial charge in [0.2, 0.25) is 29.4 Å². The molecule has 3 aliphatic rings. The van der Waals surface area contributed by atoms with Crippen molar-refractivity contribution in [1.82, 2.24) is 31.5 Å². The Morgan fingerprint density at radius 3 is 1.96 bits per heavy atom. The number of hydrogen-bond acceptors (Lipinski definition) is 8. The molecule has 14 heteroatoms. The largest absolute Gasteiger partial charge is 0.453 e. The lowest BCUT2D eigenvalue weighted by Crippen LogP contribution is -2.63. The molecule has 14 nitrogen and oxygen atoms in total. The van der Waals surface area contributed by atoms with Gasteiger partial charge in [-0.3, -0.25) is 28.8 Å². The van der Waals surface area contributed by atoms with Crippen molar-refractivity contribution in [3.05, 3.63) is 0 Å². The SMILES string of the molecule is CCC[C@H](NC(=O)C1[C@H]2CCC[C@H]2CN1C(=O)[C@@H](NC(=O)[C@@H](NC(=O)[C@@H](C)NC(=O)OC)C(C)(C)C)C(C)(C)C)C(=O)C(=O)NC1CC1. The maximum absolute atomic E-state index is 14.5. The molecule has 2 aliphatic carbocycles. The van der Waals surface area contributed by atoms with E-state index in [4.69, 9.17) is 0 Å². The van der Waals surface area contributed by atoms with Crippen molar-refractivity contribution in [3.8, 4) is 0 Å². The minimum atomic E-state index is -1.08. The second-order valence-corrected chi connectivity index (χ2v) is 15.7. The van der Waals surface area contributed by atoms with Gasteiger partial charge < -0.3 is 36.2 Å². The molecule has 270 valence electrons. The second-order valence-electron chi connectivity index (χ2n) is 15.7. The monoisotopic (exact) mass is 676 g/mol. The zero-order chi connectivity index (χ0) is 36.1. The number of rotatable bonds is 13. The molecule has 1 heterocycles. The summed E-state index contributed by atoms with van der Waals surface area (Å²) in [5, 5.41) is 13.5. The van der Waals surface area contributed by atoms with Crippen molar-refractivity contribution >= 4 is 41.4 Å². The van der Waals surface area contributed by atoms with E-state index in [1.54, 1.807) is 20.8 Å². The topological polar surface area (TPSA) is 192 Å². The average molecular weight is 677 g/mol. The van der Waals surface area contributed by atoms with Crippen LogP contribution >= 0.6 is 0 Å². The van der Waals surface area contributed by atoms with Crippen LogP contribution in [0.25, 0.3) is 0 Å². The fraction of sp³-hybridized carbons (Fsp3) is 0.794. The molecule has 3 fully saturated rings. The number of ketones is 1. The lowest BCUT2D eigenvalue weighted by molar-refractivity contribution is -0.146. The quantitative estimate of drug-likeness (QED) is 0.182. The van der Waals surface area contributed by atoms with Crippen molar-refractivity contribution in [3.63, 3.8) is 0 Å². The number of nitrogens with zero attached hydrogens (tertiary/aromatic N) is 1. The number of fused-ring (bicyclic) bond motifs is 1. The van der Waals surface area contributed by atoms with Gasteiger partial charge >= 0.3 is 6.09 Å². The maximum atomic E-state index is 14.5. The summed E-state index contributed by atoms with van der Waals surface area (Å²) >= 11 is 0. The van der Waals surface area contributed by atoms with E-state index >= 15 is 0 Å². The van der Waals surface area contributed by atoms with Crippen molar-refractivity contribution in [2.45, 2.75) is 137 Å². The van der Waals surface area contributed by atoms with Gasteiger partial charge in [0.1, 0.15) is 24.2 Å². The van der Waals surface area contributed by atoms with E-state index in [-0.39, 0.29) is 24.3 Å². The lowest BCUT2D eigenvalue weighted by Gasteiger charge is -2.38. The van der Waals surface area contributed by atoms with Gasteiger partial charge in [-0.15, -0.1) is 0 Å². The van der Waals surface area contributed by atoms with Gasteiger partial charge in [-0.05, 0) is 61.7 Å². The molecule has 7 atom stereocenters. The summed E-state index contributed by atoms with van der Waals surface area (Å²) in [6.07, 6.45) is 4.20. The molecule has 0 radical (unpaired) electrons. The first-order chi connectivity index (χ1) is 22.3. The van der Waals surface area contributed by atoms with Crippen LogP contribution in [-0.2, 0) is 33.5 Å². The van der Waals surface area contributed by atoms with Crippen LogP contribution in [0, 0.1) is 22.7 Å². The van der Waals surface area contributed by atoms with Gasteiger partial charge in [0, 0.05) is 12.6 Å². The fourth-order valence-electron chi connectivity index (χ4n) is 6.61. The number of likely N-dealkylation sites (tertiary alicyclic amines) is 1. The zero-order valence-corrected chi connectivity index (χ0v) is 30.0. The first-order valence-corrected chi connectivity index (χ1v) is 17.2. The van der Waals surface area contributed by atoms with Crippen molar-refractivity contribution in [2.24, 2.45) is 22.7 Å². The Morgan fingerprint density at radius 2 is 1.42 bits per heavy atom. The summed E-state index contributed by atoms with van der Waals surface area (Å²) in [4.78, 5) is 94.2. The van der Waals surface area contributed by atoms with Gasteiger partial charge in [-0.2, -0.15) is 0 Å². The highest BCUT2D eigenvalue weighted by Gasteiger charge is 2.52. The van der Waals surface area contributed by atoms with Crippen LogP contribution in [0.2, 0.25) is 0 Å². The minimum Gasteiger partial charge on any atom is -0.453 e. The first-order valence-electron chi connectivity index (χ1n) is 17.2. The number of carbonyl (C=O) groups excluding carboxylic acids is 7. The molecule has 0 spiro atoms. The Labute approximate surface area is 284 Å². The molecular weight excluding hydrogens is 620 g/mol. The summed E-state index contributed by atoms with van der Waals surface area (Å²) < 4.78 is 4.57. The van der Waals surface area contributed by atoms with Crippen LogP contribution in [0.3, 0.4) is 0 Å². The number of nitrogens with one attached hydrogen (secondary N) is 5. The van der Waals surface area contributed by atoms with Crippen molar-refractivity contribution in [1.29, 1.82) is 0 Å². The van der Waals surface area contributed by atoms with Crippen LogP contribution in [0.5, 0.6) is 0 Å². The van der Waals surface area contributed by atoms with Crippen LogP contribution in [-0.4, -0.2) is 96.2 Å². The third-order valence-corrected chi connectivity index (χ3v) is 9.52. The molecule has 0 bridgehead atoms. The zero-order valence-electron chi connectivity index (χ0n) is 30.0. The minimum absolute atomic E-state index is 0.00251. The second kappa shape index (κ2) is 15.7. The number of methoxy groups -OCH3 is 1. The highest BCUT2D eigenvalue weighted by molar-refractivity contribution is 6.38. The molecule has 48 heavy (non-hydrogen) atoms. The molecule has 2 saturated carbocycles. The molecule has 6 amide bonds. The molecule has 0 aromatic carbocycles. The predicted molar refractivity (Wildman–Crippen MR) is 177 cm³/mol. The summed E-state index contributed by atoms with van der Waals surface area (Å²) in [7, 11) is 1.17. The van der Waals surface area contributed by atoms with E-state index in [0.29, 0.717) is 13.0 Å². The Hall–Kier alpha value is -3.71. The van der Waals surface area contributed by atoms with E-state index in [9.17, 15) is 33.6 Å². The molecule has 0 aromatic rings. The number of ether oxygens (including phenoxy) is 1. The van der Waals surface area contributed by atoms with Crippen LogP contribution < -0.4 is 26.6 Å². The number of carbonyl (C=O) groups is 7. The molecular formula is C34H56N6O8. The highest BCUT2D eigenvalue weighted by Crippen LogP contribution is 2.43. The molecule has 3 rings (SSSR count). The fourth-order valence-corrected chi connectivity index (χ4v) is 6.61. The predicted octanol–water partition coefficient (Wildman–Crippen LogP) is 1.55. The molecule has 5 N–H and O–H groups in total. The number of alkyl carbamates (subject to hydrolysis) is 1. The van der Waals surface area contributed by atoms with Crippen molar-refractivity contribution in [2.75, 3.05) is 13.7 Å². The smallest absolute Gasteiger partial charge is 0.407 e. The Balaban J connectivity index is 1.84. The average Bonchev–Trinajstić information content (AvgIpc) is 3.56. The standard InChI is InChI=1S/C34H56N6O8/c1-10-12-22(24(41)29(44)36-20-15-16-20)37-28(43)23-21-14-11-13-19(21)17-40(23)31(46)26(34(6,7)8)39-30(45)25(33(3,4)5)38-27(42)18(2)35-32(47)48-9/h18-23,25-26H,10-17H2,1-9H3,(H,35,47)(H,36,44)(H,37,43)(H,38,42)(H,39,45)/t18-,19+,21+,22+,23?,25-,26-/m1/s1. The molecule has 1 saturated heterocycles. The third kappa shape index (κ3) is 9.68. The Morgan fingerprint density at radius 1 is 0.812 bits per heavy atom. The van der Waals surface area contributed by atoms with Gasteiger partial charge in [0.25, 0.3) is 5.91 Å². The molecule has 0 aromatic heterocycles. The Bertz CT molecular complexity index is 1250. The maximum Gasteiger partial charge on any atom is 0.407 e. The van der Waals surface area contributed by atoms with E-state index in [1.165, 1.54) is 18.9 Å². The lowest BCUT2D eigenvalue weighted by atomic mass is 9.82. The molecule has 1 aliphatic heterocycles. The van der Waals surface area contributed by atoms with E-state index < -0.39 is 82.5 Å². The highest BCUT2D eigenvalue weighted by atomic mass is 16.5. The third-order valence-electron chi connectivity index (χ3n) is 9.52. The first kappa shape index (κ1) is 38.7. The van der Waals surface area contributed by atoms with E-state index in [1.807, 2.05) is 27.7 Å². The summed E-state index contributed by atoms with van der Waals surface area (Å²) in [6.45, 7) is 14.4. The van der Waals surface area contributed by atoms with Gasteiger partial charge in [-0.25, -0.2) is 4.79 Å². The number of amides is 6. The number of hydrogen-bond donors (Lipinski definition) is 5. The normalized spacial score (nSPS) is 23.1. The Kier molecular flexibility index (Phi) is 12.6. The van der Waals surface area contributed by atoms with E-state index in [2.05, 4.69) is 31.3 Å².